The molecule has 166 valence electrons. The number of non-ortho nitro benzene ring substituents is 1. The molecule has 3 aromatic carbocycles. The number of carbonyl (C=O) groups is 1. The van der Waals surface area contributed by atoms with E-state index in [1.165, 1.54) is 48.5 Å². The number of benzene rings is 3. The van der Waals surface area contributed by atoms with Crippen molar-refractivity contribution in [1.29, 1.82) is 0 Å². The van der Waals surface area contributed by atoms with E-state index in [0.717, 1.165) is 5.56 Å². The van der Waals surface area contributed by atoms with Crippen LogP contribution in [0.2, 0.25) is 0 Å². The summed E-state index contributed by atoms with van der Waals surface area (Å²) in [5, 5.41) is 13.3. The first-order valence-corrected chi connectivity index (χ1v) is 11.1. The van der Waals surface area contributed by atoms with Crippen LogP contribution in [0.15, 0.2) is 83.8 Å². The summed E-state index contributed by atoms with van der Waals surface area (Å²) in [6.07, 6.45) is 0. The van der Waals surface area contributed by atoms with E-state index in [1.807, 2.05) is 30.3 Å². The molecule has 0 bridgehead atoms. The third-order valence-electron chi connectivity index (χ3n) is 4.48. The lowest BCUT2D eigenvalue weighted by Gasteiger charge is -2.15. The third kappa shape index (κ3) is 6.13. The SMILES string of the molecule is C[C@@H](NS(=O)(=O)c1ccc(OCC(=O)Nc2cccc([N+](=O)[O-])c2)cc1)c1ccccc1. The Morgan fingerprint density at radius 3 is 2.38 bits per heavy atom. The third-order valence-corrected chi connectivity index (χ3v) is 6.03. The predicted molar refractivity (Wildman–Crippen MR) is 119 cm³/mol. The molecule has 0 saturated heterocycles. The lowest BCUT2D eigenvalue weighted by Crippen LogP contribution is -2.26. The van der Waals surface area contributed by atoms with Gasteiger partial charge in [0.1, 0.15) is 5.75 Å². The normalized spacial score (nSPS) is 12.0. The molecule has 0 radical (unpaired) electrons. The van der Waals surface area contributed by atoms with Crippen molar-refractivity contribution >= 4 is 27.3 Å². The number of nitro groups is 1. The van der Waals surface area contributed by atoms with Gasteiger partial charge in [-0.25, -0.2) is 13.1 Å². The van der Waals surface area contributed by atoms with Crippen molar-refractivity contribution in [2.24, 2.45) is 0 Å². The lowest BCUT2D eigenvalue weighted by atomic mass is 10.1. The Labute approximate surface area is 185 Å². The first-order valence-electron chi connectivity index (χ1n) is 9.59. The van der Waals surface area contributed by atoms with E-state index in [4.69, 9.17) is 4.74 Å². The molecule has 0 fully saturated rings. The Balaban J connectivity index is 1.56. The summed E-state index contributed by atoms with van der Waals surface area (Å²) in [6, 6.07) is 20.0. The number of amides is 1. The van der Waals surface area contributed by atoms with E-state index < -0.39 is 26.9 Å². The van der Waals surface area contributed by atoms with Crippen LogP contribution in [0.5, 0.6) is 5.75 Å². The fourth-order valence-electron chi connectivity index (χ4n) is 2.87. The van der Waals surface area contributed by atoms with Gasteiger partial charge in [0.25, 0.3) is 11.6 Å². The van der Waals surface area contributed by atoms with Gasteiger partial charge in [-0.2, -0.15) is 0 Å². The molecule has 0 unspecified atom stereocenters. The smallest absolute Gasteiger partial charge is 0.271 e. The summed E-state index contributed by atoms with van der Waals surface area (Å²) in [5.41, 5.74) is 0.967. The molecule has 0 saturated carbocycles. The minimum Gasteiger partial charge on any atom is -0.484 e. The van der Waals surface area contributed by atoms with Crippen LogP contribution >= 0.6 is 0 Å². The summed E-state index contributed by atoms with van der Waals surface area (Å²) < 4.78 is 33.2. The number of nitrogens with zero attached hydrogens (tertiary/aromatic N) is 1. The lowest BCUT2D eigenvalue weighted by molar-refractivity contribution is -0.384. The van der Waals surface area contributed by atoms with Gasteiger partial charge in [0.2, 0.25) is 10.0 Å². The summed E-state index contributed by atoms with van der Waals surface area (Å²) in [5.74, 6) is -0.213. The van der Waals surface area contributed by atoms with Crippen LogP contribution in [0.4, 0.5) is 11.4 Å². The van der Waals surface area contributed by atoms with Gasteiger partial charge < -0.3 is 10.1 Å². The van der Waals surface area contributed by atoms with Gasteiger partial charge in [-0.1, -0.05) is 36.4 Å². The van der Waals surface area contributed by atoms with E-state index >= 15 is 0 Å². The van der Waals surface area contributed by atoms with Crippen molar-refractivity contribution in [2.75, 3.05) is 11.9 Å². The van der Waals surface area contributed by atoms with Crippen LogP contribution < -0.4 is 14.8 Å². The van der Waals surface area contributed by atoms with Crippen molar-refractivity contribution in [2.45, 2.75) is 17.9 Å². The molecule has 0 aromatic heterocycles. The molecule has 0 aliphatic carbocycles. The number of nitro benzene ring substituents is 1. The maximum atomic E-state index is 12.6. The minimum atomic E-state index is -3.75. The second-order valence-corrected chi connectivity index (χ2v) is 8.58. The van der Waals surface area contributed by atoms with E-state index in [2.05, 4.69) is 10.0 Å². The minimum absolute atomic E-state index is 0.0636. The number of rotatable bonds is 9. The average molecular weight is 455 g/mol. The average Bonchev–Trinajstić information content (AvgIpc) is 2.78. The van der Waals surface area contributed by atoms with E-state index in [-0.39, 0.29) is 22.9 Å². The zero-order chi connectivity index (χ0) is 23.1. The fraction of sp³-hybridized carbons (Fsp3) is 0.136. The second-order valence-electron chi connectivity index (χ2n) is 6.87. The maximum Gasteiger partial charge on any atom is 0.271 e. The molecule has 1 amide bonds. The van der Waals surface area contributed by atoms with Crippen LogP contribution in [-0.2, 0) is 14.8 Å². The summed E-state index contributed by atoms with van der Waals surface area (Å²) >= 11 is 0. The molecule has 3 aromatic rings. The molecule has 2 N–H and O–H groups in total. The molecule has 32 heavy (non-hydrogen) atoms. The summed E-state index contributed by atoms with van der Waals surface area (Å²) in [7, 11) is -3.75. The quantitative estimate of drug-likeness (QED) is 0.374. The van der Waals surface area contributed by atoms with Gasteiger partial charge in [-0.15, -0.1) is 0 Å². The first kappa shape index (κ1) is 22.9. The number of ether oxygens (including phenoxy) is 1. The van der Waals surface area contributed by atoms with Gasteiger partial charge in [0.05, 0.1) is 9.82 Å². The molecular formula is C22H21N3O6S. The van der Waals surface area contributed by atoms with Crippen molar-refractivity contribution < 1.29 is 22.9 Å². The van der Waals surface area contributed by atoms with Crippen molar-refractivity contribution in [3.8, 4) is 5.75 Å². The Hall–Kier alpha value is -3.76. The molecule has 1 atom stereocenters. The van der Waals surface area contributed by atoms with Crippen LogP contribution in [0, 0.1) is 10.1 Å². The number of hydrogen-bond acceptors (Lipinski definition) is 6. The standard InChI is InChI=1S/C22H21N3O6S/c1-16(17-6-3-2-4-7-17)24-32(29,30)21-12-10-20(11-13-21)31-15-22(26)23-18-8-5-9-19(14-18)25(27)28/h2-14,16,24H,15H2,1H3,(H,23,26)/t16-/m1/s1. The first-order chi connectivity index (χ1) is 15.2. The highest BCUT2D eigenvalue weighted by Gasteiger charge is 2.18. The van der Waals surface area contributed by atoms with Crippen molar-refractivity contribution in [1.82, 2.24) is 4.72 Å². The molecule has 0 spiro atoms. The maximum absolute atomic E-state index is 12.6. The highest BCUT2D eigenvalue weighted by molar-refractivity contribution is 7.89. The van der Waals surface area contributed by atoms with Gasteiger partial charge in [-0.05, 0) is 42.8 Å². The summed E-state index contributed by atoms with van der Waals surface area (Å²) in [4.78, 5) is 22.3. The van der Waals surface area contributed by atoms with Crippen molar-refractivity contribution in [3.63, 3.8) is 0 Å². The van der Waals surface area contributed by atoms with E-state index in [0.29, 0.717) is 5.75 Å². The topological polar surface area (TPSA) is 128 Å². The van der Waals surface area contributed by atoms with Crippen molar-refractivity contribution in [3.05, 3.63) is 94.5 Å². The number of nitrogens with one attached hydrogen (secondary N) is 2. The zero-order valence-corrected chi connectivity index (χ0v) is 17.9. The zero-order valence-electron chi connectivity index (χ0n) is 17.1. The Bertz CT molecular complexity index is 1200. The largest absolute Gasteiger partial charge is 0.484 e. The molecule has 0 aliphatic rings. The highest BCUT2D eigenvalue weighted by Crippen LogP contribution is 2.20. The van der Waals surface area contributed by atoms with Crippen LogP contribution in [-0.4, -0.2) is 25.9 Å². The number of hydrogen-bond donors (Lipinski definition) is 2. The molecule has 3 rings (SSSR count). The Kier molecular flexibility index (Phi) is 7.18. The second kappa shape index (κ2) is 10.0. The molecular weight excluding hydrogens is 434 g/mol. The predicted octanol–water partition coefficient (Wildman–Crippen LogP) is 3.65. The Morgan fingerprint density at radius 2 is 1.72 bits per heavy atom. The van der Waals surface area contributed by atoms with Gasteiger partial charge >= 0.3 is 0 Å². The van der Waals surface area contributed by atoms with Crippen LogP contribution in [0.3, 0.4) is 0 Å². The molecule has 9 nitrogen and oxygen atoms in total. The van der Waals surface area contributed by atoms with Gasteiger partial charge in [0, 0.05) is 23.9 Å². The number of carbonyl (C=O) groups excluding carboxylic acids is 1. The van der Waals surface area contributed by atoms with E-state index in [1.54, 1.807) is 6.92 Å². The fourth-order valence-corrected chi connectivity index (χ4v) is 4.10. The van der Waals surface area contributed by atoms with Gasteiger partial charge in [-0.3, -0.25) is 14.9 Å². The number of anilines is 1. The van der Waals surface area contributed by atoms with Gasteiger partial charge in [0.15, 0.2) is 6.61 Å². The summed E-state index contributed by atoms with van der Waals surface area (Å²) in [6.45, 7) is 1.41. The molecule has 10 heteroatoms. The number of sulfonamides is 1. The Morgan fingerprint density at radius 1 is 1.03 bits per heavy atom. The van der Waals surface area contributed by atoms with Crippen LogP contribution in [0.1, 0.15) is 18.5 Å². The van der Waals surface area contributed by atoms with E-state index in [9.17, 15) is 23.3 Å². The highest BCUT2D eigenvalue weighted by atomic mass is 32.2. The molecule has 0 aliphatic heterocycles. The molecule has 0 heterocycles. The monoisotopic (exact) mass is 455 g/mol. The van der Waals surface area contributed by atoms with Crippen LogP contribution in [0.25, 0.3) is 0 Å².